The maximum absolute atomic E-state index is 2.55. The molecule has 1 aliphatic heterocycles. The first-order valence-corrected chi connectivity index (χ1v) is 13.2. The fraction of sp³-hybridized carbons (Fsp3) is 0.176. The van der Waals surface area contributed by atoms with Gasteiger partial charge in [0.05, 0.1) is 6.04 Å². The van der Waals surface area contributed by atoms with Gasteiger partial charge in [-0.15, -0.1) is 0 Å². The van der Waals surface area contributed by atoms with Crippen molar-refractivity contribution in [3.8, 4) is 11.1 Å². The van der Waals surface area contributed by atoms with Gasteiger partial charge in [0, 0.05) is 46.1 Å². The zero-order chi connectivity index (χ0) is 24.2. The first kappa shape index (κ1) is 21.3. The van der Waals surface area contributed by atoms with Crippen LogP contribution in [0.1, 0.15) is 31.4 Å². The molecule has 0 N–H and O–H groups in total. The highest BCUT2D eigenvalue weighted by atomic mass is 15.2. The number of allylic oxidation sites excluding steroid dienone is 2. The Morgan fingerprint density at radius 2 is 1.47 bits per heavy atom. The van der Waals surface area contributed by atoms with E-state index >= 15 is 0 Å². The Balaban J connectivity index is 1.30. The van der Waals surface area contributed by atoms with Crippen LogP contribution in [0.5, 0.6) is 0 Å². The van der Waals surface area contributed by atoms with Crippen LogP contribution in [0, 0.1) is 0 Å². The predicted octanol–water partition coefficient (Wildman–Crippen LogP) is 8.56. The second kappa shape index (κ2) is 8.27. The summed E-state index contributed by atoms with van der Waals surface area (Å²) in [6.45, 7) is 6.50. The maximum atomic E-state index is 2.55. The van der Waals surface area contributed by atoms with E-state index in [0.717, 1.165) is 19.5 Å². The summed E-state index contributed by atoms with van der Waals surface area (Å²) in [6.07, 6.45) is 5.91. The molecule has 5 aromatic rings. The number of nitrogens with zero attached hydrogens (tertiary/aromatic N) is 2. The largest absolute Gasteiger partial charge is 0.364 e. The van der Waals surface area contributed by atoms with Crippen LogP contribution in [0.4, 0.5) is 5.69 Å². The molecule has 1 aromatic heterocycles. The van der Waals surface area contributed by atoms with Crippen molar-refractivity contribution < 1.29 is 0 Å². The third kappa shape index (κ3) is 3.10. The Morgan fingerprint density at radius 1 is 0.694 bits per heavy atom. The average molecular weight is 467 g/mol. The summed E-state index contributed by atoms with van der Waals surface area (Å²) >= 11 is 0. The van der Waals surface area contributed by atoms with Gasteiger partial charge >= 0.3 is 0 Å². The highest BCUT2D eigenvalue weighted by molar-refractivity contribution is 6.09. The molecule has 0 amide bonds. The number of aromatic nitrogens is 1. The minimum atomic E-state index is 0.456. The van der Waals surface area contributed by atoms with Gasteiger partial charge in [0.25, 0.3) is 0 Å². The maximum Gasteiger partial charge on any atom is 0.0584 e. The number of aryl methyl sites for hydroxylation is 1. The molecule has 0 fully saturated rings. The molecule has 0 saturated heterocycles. The number of likely N-dealkylation sites (N-methyl/N-ethyl adjacent to an activating group) is 1. The van der Waals surface area contributed by atoms with Gasteiger partial charge < -0.3 is 9.47 Å². The standard InChI is InChI=1S/C34H30N2/c1-3-35-31-14-7-5-12-27(31)29-21-25(16-18-33(29)35)23-10-9-11-24(20-23)26-17-19-34-30(22-26)28-13-6-8-15-32(28)36(34)4-2/h5-18,20-22,34H,3-4,19H2,1-2H3. The number of hydrogen-bond acceptors (Lipinski definition) is 1. The molecule has 0 radical (unpaired) electrons. The van der Waals surface area contributed by atoms with Crippen molar-refractivity contribution in [2.75, 3.05) is 11.4 Å². The van der Waals surface area contributed by atoms with Gasteiger partial charge in [-0.3, -0.25) is 0 Å². The summed E-state index contributed by atoms with van der Waals surface area (Å²) < 4.78 is 2.42. The number of benzene rings is 4. The summed E-state index contributed by atoms with van der Waals surface area (Å²) in [5, 5.41) is 2.66. The average Bonchev–Trinajstić information content (AvgIpc) is 3.44. The van der Waals surface area contributed by atoms with Gasteiger partial charge in [-0.1, -0.05) is 66.7 Å². The molecular weight excluding hydrogens is 436 g/mol. The van der Waals surface area contributed by atoms with Gasteiger partial charge in [-0.25, -0.2) is 0 Å². The lowest BCUT2D eigenvalue weighted by molar-refractivity contribution is 0.744. The van der Waals surface area contributed by atoms with Crippen molar-refractivity contribution in [3.05, 3.63) is 114 Å². The lowest BCUT2D eigenvalue weighted by Crippen LogP contribution is -2.31. The molecule has 0 bridgehead atoms. The minimum Gasteiger partial charge on any atom is -0.364 e. The quantitative estimate of drug-likeness (QED) is 0.257. The lowest BCUT2D eigenvalue weighted by Gasteiger charge is -2.28. The molecule has 0 saturated carbocycles. The molecule has 1 atom stereocenters. The zero-order valence-electron chi connectivity index (χ0n) is 20.9. The third-order valence-corrected chi connectivity index (χ3v) is 8.09. The van der Waals surface area contributed by atoms with Crippen molar-refractivity contribution in [2.24, 2.45) is 0 Å². The van der Waals surface area contributed by atoms with Crippen LogP contribution in [0.25, 0.3) is 44.1 Å². The molecule has 36 heavy (non-hydrogen) atoms. The second-order valence-corrected chi connectivity index (χ2v) is 9.89. The number of hydrogen-bond donors (Lipinski definition) is 0. The number of para-hydroxylation sites is 2. The minimum absolute atomic E-state index is 0.456. The molecule has 2 heterocycles. The van der Waals surface area contributed by atoms with E-state index in [2.05, 4.69) is 126 Å². The molecule has 2 nitrogen and oxygen atoms in total. The summed E-state index contributed by atoms with van der Waals surface area (Å²) in [5.41, 5.74) is 12.0. The van der Waals surface area contributed by atoms with E-state index in [-0.39, 0.29) is 0 Å². The molecule has 2 aliphatic rings. The Bertz CT molecular complexity index is 1700. The second-order valence-electron chi connectivity index (χ2n) is 9.89. The summed E-state index contributed by atoms with van der Waals surface area (Å²) in [4.78, 5) is 2.55. The van der Waals surface area contributed by atoms with E-state index in [4.69, 9.17) is 0 Å². The molecular formula is C34H30N2. The van der Waals surface area contributed by atoms with Gasteiger partial charge in [-0.2, -0.15) is 0 Å². The summed E-state index contributed by atoms with van der Waals surface area (Å²) in [5.74, 6) is 0. The topological polar surface area (TPSA) is 8.17 Å². The van der Waals surface area contributed by atoms with Gasteiger partial charge in [0.15, 0.2) is 0 Å². The van der Waals surface area contributed by atoms with Gasteiger partial charge in [0.2, 0.25) is 0 Å². The summed E-state index contributed by atoms with van der Waals surface area (Å²) in [7, 11) is 0. The molecule has 1 unspecified atom stereocenters. The first-order chi connectivity index (χ1) is 17.8. The van der Waals surface area contributed by atoms with Crippen molar-refractivity contribution in [2.45, 2.75) is 32.9 Å². The van der Waals surface area contributed by atoms with E-state index in [1.54, 1.807) is 0 Å². The molecule has 4 aromatic carbocycles. The Hall–Kier alpha value is -4.04. The number of rotatable bonds is 4. The van der Waals surface area contributed by atoms with Crippen molar-refractivity contribution in [1.82, 2.24) is 4.57 Å². The van der Waals surface area contributed by atoms with Crippen LogP contribution in [-0.2, 0) is 6.54 Å². The zero-order valence-corrected chi connectivity index (χ0v) is 20.9. The first-order valence-electron chi connectivity index (χ1n) is 13.2. The highest BCUT2D eigenvalue weighted by Gasteiger charge is 2.33. The monoisotopic (exact) mass is 466 g/mol. The van der Waals surface area contributed by atoms with Gasteiger partial charge in [0.1, 0.15) is 0 Å². The Labute approximate surface area is 212 Å². The fourth-order valence-corrected chi connectivity index (χ4v) is 6.42. The van der Waals surface area contributed by atoms with Crippen molar-refractivity contribution >= 4 is 38.6 Å². The normalized spacial score (nSPS) is 16.7. The lowest BCUT2D eigenvalue weighted by atomic mass is 9.88. The van der Waals surface area contributed by atoms with Crippen LogP contribution < -0.4 is 4.90 Å². The Morgan fingerprint density at radius 3 is 2.36 bits per heavy atom. The van der Waals surface area contributed by atoms with Crippen LogP contribution >= 0.6 is 0 Å². The fourth-order valence-electron chi connectivity index (χ4n) is 6.42. The SMILES string of the molecule is CCN1c2ccccc2C2=CC(c3cccc(-c4ccc5c(c4)c4ccccc4n5CC)c3)=CCC21. The van der Waals surface area contributed by atoms with E-state index in [9.17, 15) is 0 Å². The number of anilines is 1. The van der Waals surface area contributed by atoms with Crippen LogP contribution in [0.2, 0.25) is 0 Å². The Kier molecular flexibility index (Phi) is 4.89. The molecule has 1 aliphatic carbocycles. The van der Waals surface area contributed by atoms with E-state index in [0.29, 0.717) is 6.04 Å². The van der Waals surface area contributed by atoms with Crippen LogP contribution in [0.3, 0.4) is 0 Å². The van der Waals surface area contributed by atoms with Crippen molar-refractivity contribution in [3.63, 3.8) is 0 Å². The smallest absolute Gasteiger partial charge is 0.0584 e. The van der Waals surface area contributed by atoms with E-state index in [1.165, 1.54) is 60.9 Å². The van der Waals surface area contributed by atoms with Crippen molar-refractivity contribution in [1.29, 1.82) is 0 Å². The molecule has 176 valence electrons. The summed E-state index contributed by atoms with van der Waals surface area (Å²) in [6, 6.07) is 34.1. The predicted molar refractivity (Wildman–Crippen MR) is 154 cm³/mol. The van der Waals surface area contributed by atoms with E-state index < -0.39 is 0 Å². The molecule has 7 rings (SSSR count). The molecule has 0 spiro atoms. The molecule has 2 heteroatoms. The van der Waals surface area contributed by atoms with Crippen LogP contribution in [0.15, 0.2) is 103 Å². The van der Waals surface area contributed by atoms with Crippen LogP contribution in [-0.4, -0.2) is 17.2 Å². The highest BCUT2D eigenvalue weighted by Crippen LogP contribution is 2.45. The van der Waals surface area contributed by atoms with Gasteiger partial charge in [-0.05, 0) is 84.5 Å². The number of fused-ring (bicyclic) bond motifs is 6. The third-order valence-electron chi connectivity index (χ3n) is 8.09. The van der Waals surface area contributed by atoms with E-state index in [1.807, 2.05) is 0 Å².